The number of nitrogens with zero attached hydrogens (tertiary/aromatic N) is 2. The molecular weight excluding hydrogens is 514 g/mol. The normalized spacial score (nSPS) is 12.0. The minimum Gasteiger partial charge on any atom is -0.356 e. The molecule has 0 saturated heterocycles. The number of thiophene rings is 1. The fraction of sp³-hybridized carbons (Fsp3) is 0.389. The molecule has 28 heavy (non-hydrogen) atoms. The molecule has 0 saturated carbocycles. The van der Waals surface area contributed by atoms with Crippen LogP contribution in [-0.4, -0.2) is 46.4 Å². The first-order chi connectivity index (χ1) is 12.7. The maximum absolute atomic E-state index is 13.1. The Labute approximate surface area is 187 Å². The molecule has 2 N–H and O–H groups in total. The number of hydrogen-bond donors (Lipinski definition) is 2. The second kappa shape index (κ2) is 11.1. The van der Waals surface area contributed by atoms with Gasteiger partial charge in [0.1, 0.15) is 10.0 Å². The van der Waals surface area contributed by atoms with Crippen molar-refractivity contribution in [2.45, 2.75) is 24.1 Å². The molecule has 2 rings (SSSR count). The number of aliphatic imine (C=N–C) groups is 1. The Balaban J connectivity index is 0.00000392. The molecule has 10 heteroatoms. The number of guanidine groups is 1. The summed E-state index contributed by atoms with van der Waals surface area (Å²) >= 11 is 1.23. The quantitative estimate of drug-likeness (QED) is 0.322. The van der Waals surface area contributed by atoms with Crippen LogP contribution in [0.1, 0.15) is 16.0 Å². The molecule has 6 nitrogen and oxygen atoms in total. The lowest BCUT2D eigenvalue weighted by molar-refractivity contribution is 0.523. The summed E-state index contributed by atoms with van der Waals surface area (Å²) in [6.45, 7) is 3.02. The first kappa shape index (κ1) is 24.8. The highest BCUT2D eigenvalue weighted by molar-refractivity contribution is 14.0. The second-order valence-corrected chi connectivity index (χ2v) is 9.73. The van der Waals surface area contributed by atoms with E-state index in [1.807, 2.05) is 6.92 Å². The van der Waals surface area contributed by atoms with Crippen LogP contribution in [0.3, 0.4) is 0 Å². The lowest BCUT2D eigenvalue weighted by atomic mass is 10.1. The third kappa shape index (κ3) is 6.68. The summed E-state index contributed by atoms with van der Waals surface area (Å²) in [4.78, 5) is 5.06. The van der Waals surface area contributed by atoms with Gasteiger partial charge in [0.25, 0.3) is 10.0 Å². The highest BCUT2D eigenvalue weighted by atomic mass is 127. The van der Waals surface area contributed by atoms with Crippen LogP contribution >= 0.6 is 35.3 Å². The minimum atomic E-state index is -3.40. The van der Waals surface area contributed by atoms with Gasteiger partial charge in [0.05, 0.1) is 6.54 Å². The lowest BCUT2D eigenvalue weighted by Gasteiger charge is -2.12. The first-order valence-electron chi connectivity index (χ1n) is 8.45. The van der Waals surface area contributed by atoms with Gasteiger partial charge in [-0.1, -0.05) is 6.07 Å². The molecular formula is C18H26FIN4O2S2. The zero-order valence-electron chi connectivity index (χ0n) is 16.3. The van der Waals surface area contributed by atoms with E-state index in [0.29, 0.717) is 23.3 Å². The summed E-state index contributed by atoms with van der Waals surface area (Å²) in [5, 5.41) is 6.38. The minimum absolute atomic E-state index is 0. The average Bonchev–Trinajstić information content (AvgIpc) is 3.09. The van der Waals surface area contributed by atoms with E-state index < -0.39 is 10.0 Å². The van der Waals surface area contributed by atoms with Crippen molar-refractivity contribution in [2.75, 3.05) is 27.7 Å². The molecule has 0 bridgehead atoms. The Hall–Kier alpha value is -1.24. The topological polar surface area (TPSA) is 73.8 Å². The van der Waals surface area contributed by atoms with Gasteiger partial charge in [0, 0.05) is 32.6 Å². The molecule has 0 aliphatic heterocycles. The van der Waals surface area contributed by atoms with Crippen LogP contribution in [0, 0.1) is 12.7 Å². The molecule has 1 aromatic heterocycles. The summed E-state index contributed by atoms with van der Waals surface area (Å²) < 4.78 is 38.9. The zero-order chi connectivity index (χ0) is 20.0. The number of aryl methyl sites for hydroxylation is 1. The summed E-state index contributed by atoms with van der Waals surface area (Å²) in [6.07, 6.45) is 0.747. The highest BCUT2D eigenvalue weighted by Crippen LogP contribution is 2.23. The Bertz CT molecular complexity index is 914. The summed E-state index contributed by atoms with van der Waals surface area (Å²) in [6, 6.07) is 8.19. The standard InChI is InChI=1S/C18H25FN4O2S2.HI/c1-13-11-15(19)6-5-14(13)9-10-21-18(20-2)22-12-16-7-8-17(26-16)27(24,25)23(3)4;/h5-8,11H,9-10,12H2,1-4H3,(H2,20,21,22);1H. The first-order valence-corrected chi connectivity index (χ1v) is 10.7. The van der Waals surface area contributed by atoms with Gasteiger partial charge in [-0.25, -0.2) is 17.1 Å². The molecule has 156 valence electrons. The molecule has 0 atom stereocenters. The van der Waals surface area contributed by atoms with Crippen LogP contribution in [-0.2, 0) is 23.0 Å². The monoisotopic (exact) mass is 540 g/mol. The fourth-order valence-electron chi connectivity index (χ4n) is 2.42. The second-order valence-electron chi connectivity index (χ2n) is 6.18. The summed E-state index contributed by atoms with van der Waals surface area (Å²) in [7, 11) is 1.31. The van der Waals surface area contributed by atoms with E-state index in [-0.39, 0.29) is 29.8 Å². The van der Waals surface area contributed by atoms with Crippen molar-refractivity contribution in [1.82, 2.24) is 14.9 Å². The van der Waals surface area contributed by atoms with Crippen molar-refractivity contribution in [3.05, 3.63) is 52.2 Å². The van der Waals surface area contributed by atoms with Gasteiger partial charge >= 0.3 is 0 Å². The molecule has 0 fully saturated rings. The molecule has 0 unspecified atom stereocenters. The summed E-state index contributed by atoms with van der Waals surface area (Å²) in [5.41, 5.74) is 2.00. The average molecular weight is 540 g/mol. The number of halogens is 2. The van der Waals surface area contributed by atoms with E-state index >= 15 is 0 Å². The predicted molar refractivity (Wildman–Crippen MR) is 124 cm³/mol. The molecule has 0 amide bonds. The van der Waals surface area contributed by atoms with Gasteiger partial charge < -0.3 is 10.6 Å². The highest BCUT2D eigenvalue weighted by Gasteiger charge is 2.19. The smallest absolute Gasteiger partial charge is 0.252 e. The number of sulfonamides is 1. The molecule has 0 radical (unpaired) electrons. The molecule has 1 heterocycles. The largest absolute Gasteiger partial charge is 0.356 e. The van der Waals surface area contributed by atoms with Crippen molar-refractivity contribution >= 4 is 51.3 Å². The summed E-state index contributed by atoms with van der Waals surface area (Å²) in [5.74, 6) is 0.397. The Kier molecular flexibility index (Phi) is 9.81. The van der Waals surface area contributed by atoms with Crippen molar-refractivity contribution in [1.29, 1.82) is 0 Å². The predicted octanol–water partition coefficient (Wildman–Crippen LogP) is 2.97. The van der Waals surface area contributed by atoms with Gasteiger partial charge in [-0.15, -0.1) is 35.3 Å². The van der Waals surface area contributed by atoms with Crippen LogP contribution in [0.25, 0.3) is 0 Å². The maximum Gasteiger partial charge on any atom is 0.252 e. The van der Waals surface area contributed by atoms with Gasteiger partial charge in [0.15, 0.2) is 5.96 Å². The van der Waals surface area contributed by atoms with Crippen LogP contribution in [0.4, 0.5) is 4.39 Å². The number of nitrogens with one attached hydrogen (secondary N) is 2. The molecule has 2 aromatic rings. The van der Waals surface area contributed by atoms with Crippen LogP contribution in [0.2, 0.25) is 0 Å². The number of benzene rings is 1. The Morgan fingerprint density at radius 3 is 2.54 bits per heavy atom. The van der Waals surface area contributed by atoms with Gasteiger partial charge in [0.2, 0.25) is 0 Å². The van der Waals surface area contributed by atoms with E-state index in [2.05, 4.69) is 15.6 Å². The lowest BCUT2D eigenvalue weighted by Crippen LogP contribution is -2.37. The Morgan fingerprint density at radius 2 is 1.93 bits per heavy atom. The van der Waals surface area contributed by atoms with Crippen molar-refractivity contribution in [3.63, 3.8) is 0 Å². The van der Waals surface area contributed by atoms with Crippen LogP contribution in [0.15, 0.2) is 39.5 Å². The maximum atomic E-state index is 13.1. The Morgan fingerprint density at radius 1 is 1.21 bits per heavy atom. The van der Waals surface area contributed by atoms with E-state index in [9.17, 15) is 12.8 Å². The van der Waals surface area contributed by atoms with E-state index in [4.69, 9.17) is 0 Å². The van der Waals surface area contributed by atoms with Gasteiger partial charge in [-0.2, -0.15) is 0 Å². The fourth-order valence-corrected chi connectivity index (χ4v) is 4.88. The van der Waals surface area contributed by atoms with Crippen molar-refractivity contribution < 1.29 is 12.8 Å². The number of hydrogen-bond acceptors (Lipinski definition) is 4. The van der Waals surface area contributed by atoms with Gasteiger partial charge in [-0.05, 0) is 48.7 Å². The van der Waals surface area contributed by atoms with E-state index in [0.717, 1.165) is 22.4 Å². The molecule has 0 spiro atoms. The zero-order valence-corrected chi connectivity index (χ0v) is 20.3. The van der Waals surface area contributed by atoms with Gasteiger partial charge in [-0.3, -0.25) is 4.99 Å². The van der Waals surface area contributed by atoms with E-state index in [1.54, 1.807) is 25.2 Å². The van der Waals surface area contributed by atoms with Crippen molar-refractivity contribution in [2.24, 2.45) is 4.99 Å². The SMILES string of the molecule is CN=C(NCCc1ccc(F)cc1C)NCc1ccc(S(=O)(=O)N(C)C)s1.I. The van der Waals surface area contributed by atoms with Crippen LogP contribution in [0.5, 0.6) is 0 Å². The molecule has 1 aromatic carbocycles. The van der Waals surface area contributed by atoms with Crippen LogP contribution < -0.4 is 10.6 Å². The molecule has 0 aliphatic carbocycles. The third-order valence-electron chi connectivity index (χ3n) is 4.02. The van der Waals surface area contributed by atoms with Crippen molar-refractivity contribution in [3.8, 4) is 0 Å². The molecule has 0 aliphatic rings. The van der Waals surface area contributed by atoms with E-state index in [1.165, 1.54) is 41.9 Å². The number of rotatable bonds is 7. The third-order valence-corrected chi connectivity index (χ3v) is 7.38.